The first-order valence-electron chi connectivity index (χ1n) is 8.24. The molecule has 0 spiro atoms. The minimum atomic E-state index is -0.173. The highest BCUT2D eigenvalue weighted by Crippen LogP contribution is 2.06. The molecule has 7 heteroatoms. The zero-order valence-electron chi connectivity index (χ0n) is 14.7. The number of nitrogens with one attached hydrogen (secondary N) is 3. The maximum Gasteiger partial charge on any atom is 0.251 e. The Kier molecular flexibility index (Phi) is 7.17. The molecule has 26 heavy (non-hydrogen) atoms. The van der Waals surface area contributed by atoms with Crippen molar-refractivity contribution in [3.8, 4) is 0 Å². The Morgan fingerprint density at radius 3 is 2.46 bits per heavy atom. The van der Waals surface area contributed by atoms with E-state index in [1.54, 1.807) is 25.2 Å². The van der Waals surface area contributed by atoms with Gasteiger partial charge in [0.25, 0.3) is 5.91 Å². The van der Waals surface area contributed by atoms with Gasteiger partial charge in [-0.25, -0.2) is 4.99 Å². The second-order valence-electron chi connectivity index (χ2n) is 5.60. The standard InChI is InChI=1S/C19H23N5O2/c1-21-18(26)16-9-5-8-15(10-16)12-23-19(20)24-13-17(25)22-11-14-6-3-2-4-7-14/h2-10H,11-13H2,1H3,(H,21,26)(H,22,25)(H3,20,23,24). The van der Waals surface area contributed by atoms with Crippen LogP contribution in [0.5, 0.6) is 0 Å². The average molecular weight is 353 g/mol. The van der Waals surface area contributed by atoms with Gasteiger partial charge >= 0.3 is 0 Å². The molecule has 136 valence electrons. The van der Waals surface area contributed by atoms with Crippen LogP contribution in [0.15, 0.2) is 59.6 Å². The third kappa shape index (κ3) is 6.27. The van der Waals surface area contributed by atoms with Gasteiger partial charge in [-0.15, -0.1) is 0 Å². The molecule has 0 aliphatic rings. The Bertz CT molecular complexity index is 775. The number of rotatable bonds is 7. The van der Waals surface area contributed by atoms with E-state index in [9.17, 15) is 9.59 Å². The van der Waals surface area contributed by atoms with E-state index in [0.717, 1.165) is 11.1 Å². The summed E-state index contributed by atoms with van der Waals surface area (Å²) in [5.41, 5.74) is 8.22. The highest BCUT2D eigenvalue weighted by atomic mass is 16.2. The molecule has 2 rings (SSSR count). The topological polar surface area (TPSA) is 109 Å². The van der Waals surface area contributed by atoms with Crippen molar-refractivity contribution < 1.29 is 9.59 Å². The third-order valence-electron chi connectivity index (χ3n) is 3.61. The molecule has 0 bridgehead atoms. The van der Waals surface area contributed by atoms with Gasteiger partial charge in [0.05, 0.1) is 13.1 Å². The normalized spacial score (nSPS) is 10.9. The Morgan fingerprint density at radius 1 is 1.00 bits per heavy atom. The molecule has 0 aliphatic carbocycles. The van der Waals surface area contributed by atoms with Crippen LogP contribution in [0.2, 0.25) is 0 Å². The Morgan fingerprint density at radius 2 is 1.73 bits per heavy atom. The van der Waals surface area contributed by atoms with Crippen LogP contribution in [0.3, 0.4) is 0 Å². The van der Waals surface area contributed by atoms with Crippen LogP contribution in [-0.4, -0.2) is 31.4 Å². The molecule has 0 saturated heterocycles. The SMILES string of the molecule is CNC(=O)c1cccc(CN=C(N)NCC(=O)NCc2ccccc2)c1. The van der Waals surface area contributed by atoms with Gasteiger partial charge in [0.15, 0.2) is 5.96 Å². The summed E-state index contributed by atoms with van der Waals surface area (Å²) in [6.45, 7) is 0.820. The largest absolute Gasteiger partial charge is 0.370 e. The zero-order valence-corrected chi connectivity index (χ0v) is 14.7. The lowest BCUT2D eigenvalue weighted by molar-refractivity contribution is -0.120. The van der Waals surface area contributed by atoms with Crippen molar-refractivity contribution in [2.45, 2.75) is 13.1 Å². The molecule has 0 saturated carbocycles. The van der Waals surface area contributed by atoms with Crippen molar-refractivity contribution in [3.05, 3.63) is 71.3 Å². The number of aliphatic imine (C=N–C) groups is 1. The first-order chi connectivity index (χ1) is 12.6. The Balaban J connectivity index is 1.77. The van der Waals surface area contributed by atoms with Crippen LogP contribution in [0, 0.1) is 0 Å². The molecule has 0 unspecified atom stereocenters. The first kappa shape index (κ1) is 19.0. The van der Waals surface area contributed by atoms with Crippen LogP contribution in [0.4, 0.5) is 0 Å². The van der Waals surface area contributed by atoms with Crippen molar-refractivity contribution in [1.29, 1.82) is 0 Å². The number of hydrogen-bond acceptors (Lipinski definition) is 3. The summed E-state index contributed by atoms with van der Waals surface area (Å²) in [5, 5.41) is 8.15. The molecular weight excluding hydrogens is 330 g/mol. The van der Waals surface area contributed by atoms with Crippen molar-refractivity contribution in [2.24, 2.45) is 10.7 Å². The molecule has 2 amide bonds. The summed E-state index contributed by atoms with van der Waals surface area (Å²) >= 11 is 0. The van der Waals surface area contributed by atoms with E-state index in [2.05, 4.69) is 20.9 Å². The summed E-state index contributed by atoms with van der Waals surface area (Å²) in [6.07, 6.45) is 0. The van der Waals surface area contributed by atoms with Gasteiger partial charge in [-0.05, 0) is 23.3 Å². The lowest BCUT2D eigenvalue weighted by atomic mass is 10.1. The van der Waals surface area contributed by atoms with Gasteiger partial charge in [0, 0.05) is 19.2 Å². The van der Waals surface area contributed by atoms with Crippen molar-refractivity contribution >= 4 is 17.8 Å². The number of benzene rings is 2. The molecule has 0 aliphatic heterocycles. The van der Waals surface area contributed by atoms with E-state index in [-0.39, 0.29) is 24.3 Å². The Hall–Kier alpha value is -3.35. The van der Waals surface area contributed by atoms with Gasteiger partial charge in [-0.1, -0.05) is 42.5 Å². The van der Waals surface area contributed by atoms with Crippen molar-refractivity contribution in [2.75, 3.05) is 13.6 Å². The van der Waals surface area contributed by atoms with E-state index in [1.165, 1.54) is 0 Å². The lowest BCUT2D eigenvalue weighted by Gasteiger charge is -2.08. The van der Waals surface area contributed by atoms with Crippen molar-refractivity contribution in [3.63, 3.8) is 0 Å². The zero-order chi connectivity index (χ0) is 18.8. The minimum Gasteiger partial charge on any atom is -0.370 e. The van der Waals surface area contributed by atoms with Crippen LogP contribution >= 0.6 is 0 Å². The number of nitrogens with zero attached hydrogens (tertiary/aromatic N) is 1. The summed E-state index contributed by atoms with van der Waals surface area (Å²) in [7, 11) is 1.58. The molecule has 2 aromatic carbocycles. The predicted octanol–water partition coefficient (Wildman–Crippen LogP) is 0.767. The van der Waals surface area contributed by atoms with Gasteiger partial charge in [0.1, 0.15) is 0 Å². The molecule has 0 fully saturated rings. The maximum absolute atomic E-state index is 11.8. The van der Waals surface area contributed by atoms with Gasteiger partial charge in [-0.2, -0.15) is 0 Å². The summed E-state index contributed by atoms with van der Waals surface area (Å²) in [6, 6.07) is 16.8. The minimum absolute atomic E-state index is 0.0421. The molecule has 0 heterocycles. The number of carbonyl (C=O) groups is 2. The summed E-state index contributed by atoms with van der Waals surface area (Å²) < 4.78 is 0. The quantitative estimate of drug-likeness (QED) is 0.435. The highest BCUT2D eigenvalue weighted by molar-refractivity contribution is 5.94. The van der Waals surface area contributed by atoms with E-state index in [1.807, 2.05) is 36.4 Å². The molecule has 2 aromatic rings. The molecular formula is C19H23N5O2. The fourth-order valence-electron chi connectivity index (χ4n) is 2.22. The molecule has 0 atom stereocenters. The molecule has 7 nitrogen and oxygen atoms in total. The van der Waals surface area contributed by atoms with Gasteiger partial charge in [-0.3, -0.25) is 9.59 Å². The lowest BCUT2D eigenvalue weighted by Crippen LogP contribution is -2.40. The highest BCUT2D eigenvalue weighted by Gasteiger charge is 2.04. The number of nitrogens with two attached hydrogens (primary N) is 1. The fraction of sp³-hybridized carbons (Fsp3) is 0.211. The molecule has 0 radical (unpaired) electrons. The third-order valence-corrected chi connectivity index (χ3v) is 3.61. The van der Waals surface area contributed by atoms with Crippen LogP contribution < -0.4 is 21.7 Å². The Labute approximate surface area is 152 Å². The smallest absolute Gasteiger partial charge is 0.251 e. The van der Waals surface area contributed by atoms with E-state index < -0.39 is 0 Å². The number of amides is 2. The summed E-state index contributed by atoms with van der Waals surface area (Å²) in [4.78, 5) is 27.6. The second kappa shape index (κ2) is 9.83. The first-order valence-corrected chi connectivity index (χ1v) is 8.24. The van der Waals surface area contributed by atoms with Crippen molar-refractivity contribution in [1.82, 2.24) is 16.0 Å². The van der Waals surface area contributed by atoms with Gasteiger partial charge in [0.2, 0.25) is 5.91 Å². The summed E-state index contributed by atoms with van der Waals surface area (Å²) in [5.74, 6) is -0.157. The van der Waals surface area contributed by atoms with Crippen LogP contribution in [-0.2, 0) is 17.9 Å². The average Bonchev–Trinajstić information content (AvgIpc) is 2.69. The number of carbonyl (C=O) groups excluding carboxylic acids is 2. The van der Waals surface area contributed by atoms with E-state index in [0.29, 0.717) is 18.7 Å². The molecule has 0 aromatic heterocycles. The fourth-order valence-corrected chi connectivity index (χ4v) is 2.22. The van der Waals surface area contributed by atoms with Gasteiger partial charge < -0.3 is 21.7 Å². The van der Waals surface area contributed by atoms with E-state index in [4.69, 9.17) is 5.73 Å². The second-order valence-corrected chi connectivity index (χ2v) is 5.60. The monoisotopic (exact) mass is 353 g/mol. The maximum atomic E-state index is 11.8. The number of hydrogen-bond donors (Lipinski definition) is 4. The van der Waals surface area contributed by atoms with Crippen LogP contribution in [0.25, 0.3) is 0 Å². The molecule has 5 N–H and O–H groups in total. The number of guanidine groups is 1. The van der Waals surface area contributed by atoms with E-state index >= 15 is 0 Å². The predicted molar refractivity (Wildman–Crippen MR) is 101 cm³/mol. The van der Waals surface area contributed by atoms with Crippen LogP contribution in [0.1, 0.15) is 21.5 Å².